The smallest absolute Gasteiger partial charge is 0.261 e. The third-order valence-electron chi connectivity index (χ3n) is 2.13. The van der Waals surface area contributed by atoms with E-state index in [1.165, 1.54) is 12.1 Å². The van der Waals surface area contributed by atoms with Crippen molar-refractivity contribution in [3.63, 3.8) is 0 Å². The Morgan fingerprint density at radius 1 is 1.19 bits per heavy atom. The summed E-state index contributed by atoms with van der Waals surface area (Å²) in [4.78, 5) is 0.0873. The maximum atomic E-state index is 11.0. The van der Waals surface area contributed by atoms with Gasteiger partial charge in [0.15, 0.2) is 6.29 Å². The van der Waals surface area contributed by atoms with Crippen LogP contribution in [0.15, 0.2) is 29.2 Å². The fourth-order valence-electron chi connectivity index (χ4n) is 1.24. The van der Waals surface area contributed by atoms with Gasteiger partial charge in [-0.25, -0.2) is 8.42 Å². The number of hydrogen-bond donors (Lipinski definition) is 0. The second-order valence-corrected chi connectivity index (χ2v) is 5.75. The van der Waals surface area contributed by atoms with Gasteiger partial charge in [0.25, 0.3) is 9.05 Å². The molecular formula is C10H13ClO4S. The first-order chi connectivity index (χ1) is 7.47. The zero-order valence-electron chi connectivity index (χ0n) is 9.01. The van der Waals surface area contributed by atoms with E-state index in [1.807, 2.05) is 0 Å². The molecule has 0 heterocycles. The average molecular weight is 265 g/mol. The average Bonchev–Trinajstić information content (AvgIpc) is 2.25. The topological polar surface area (TPSA) is 52.6 Å². The van der Waals surface area contributed by atoms with E-state index in [1.54, 1.807) is 26.4 Å². The lowest BCUT2D eigenvalue weighted by Gasteiger charge is -2.13. The lowest BCUT2D eigenvalue weighted by Crippen LogP contribution is -2.15. The van der Waals surface area contributed by atoms with Crippen molar-refractivity contribution in [2.45, 2.75) is 17.6 Å². The quantitative estimate of drug-likeness (QED) is 0.601. The monoisotopic (exact) mass is 264 g/mol. The van der Waals surface area contributed by atoms with Crippen LogP contribution in [0.2, 0.25) is 0 Å². The van der Waals surface area contributed by atoms with Gasteiger partial charge < -0.3 is 9.47 Å². The molecule has 0 saturated heterocycles. The van der Waals surface area contributed by atoms with Gasteiger partial charge in [-0.15, -0.1) is 0 Å². The van der Waals surface area contributed by atoms with E-state index in [-0.39, 0.29) is 11.2 Å². The molecule has 0 N–H and O–H groups in total. The van der Waals surface area contributed by atoms with Crippen molar-refractivity contribution in [1.82, 2.24) is 0 Å². The SMILES string of the molecule is COC(Cc1ccc(S(=O)(=O)Cl)cc1)OC. The predicted octanol–water partition coefficient (Wildman–Crippen LogP) is 1.78. The molecule has 0 aromatic heterocycles. The summed E-state index contributed by atoms with van der Waals surface area (Å²) >= 11 is 0. The van der Waals surface area contributed by atoms with E-state index in [2.05, 4.69) is 0 Å². The van der Waals surface area contributed by atoms with Gasteiger partial charge in [0.2, 0.25) is 0 Å². The van der Waals surface area contributed by atoms with Gasteiger partial charge in [-0.3, -0.25) is 0 Å². The normalized spacial score (nSPS) is 12.0. The van der Waals surface area contributed by atoms with E-state index < -0.39 is 9.05 Å². The number of rotatable bonds is 5. The number of benzene rings is 1. The van der Waals surface area contributed by atoms with Crippen molar-refractivity contribution < 1.29 is 17.9 Å². The minimum atomic E-state index is -3.65. The summed E-state index contributed by atoms with van der Waals surface area (Å²) in [6, 6.07) is 6.28. The second kappa shape index (κ2) is 5.63. The van der Waals surface area contributed by atoms with E-state index >= 15 is 0 Å². The van der Waals surface area contributed by atoms with Crippen LogP contribution in [0.3, 0.4) is 0 Å². The zero-order valence-corrected chi connectivity index (χ0v) is 10.6. The van der Waals surface area contributed by atoms with Crippen LogP contribution in [0, 0.1) is 0 Å². The number of ether oxygens (including phenoxy) is 2. The third kappa shape index (κ3) is 3.75. The molecule has 1 aromatic rings. The number of hydrogen-bond acceptors (Lipinski definition) is 4. The summed E-state index contributed by atoms with van der Waals surface area (Å²) in [7, 11) is 4.64. The van der Waals surface area contributed by atoms with Crippen LogP contribution in [0.1, 0.15) is 5.56 Å². The molecule has 6 heteroatoms. The Hall–Kier alpha value is -0.620. The molecule has 0 fully saturated rings. The Morgan fingerprint density at radius 3 is 2.06 bits per heavy atom. The summed E-state index contributed by atoms with van der Waals surface area (Å²) in [6.45, 7) is 0. The molecule has 0 bridgehead atoms. The van der Waals surface area contributed by atoms with Gasteiger partial charge in [0.05, 0.1) is 4.90 Å². The van der Waals surface area contributed by atoms with Crippen LogP contribution in [0.4, 0.5) is 0 Å². The molecule has 0 aliphatic carbocycles. The van der Waals surface area contributed by atoms with Gasteiger partial charge in [-0.2, -0.15) is 0 Å². The largest absolute Gasteiger partial charge is 0.356 e. The zero-order chi connectivity index (χ0) is 12.2. The Morgan fingerprint density at radius 2 is 1.69 bits per heavy atom. The van der Waals surface area contributed by atoms with Crippen molar-refractivity contribution in [3.8, 4) is 0 Å². The lowest BCUT2D eigenvalue weighted by atomic mass is 10.1. The summed E-state index contributed by atoms with van der Waals surface area (Å²) in [5.41, 5.74) is 0.915. The molecule has 90 valence electrons. The molecule has 1 aromatic carbocycles. The summed E-state index contributed by atoms with van der Waals surface area (Å²) < 4.78 is 32.1. The summed E-state index contributed by atoms with van der Waals surface area (Å²) in [6.07, 6.45) is 0.216. The Labute approximate surface area is 99.6 Å². The van der Waals surface area contributed by atoms with E-state index in [0.717, 1.165) is 5.56 Å². The molecular weight excluding hydrogens is 252 g/mol. The maximum Gasteiger partial charge on any atom is 0.261 e. The van der Waals surface area contributed by atoms with Crippen LogP contribution in [-0.4, -0.2) is 28.9 Å². The van der Waals surface area contributed by atoms with Crippen molar-refractivity contribution in [3.05, 3.63) is 29.8 Å². The standard InChI is InChI=1S/C10H13ClO4S/c1-14-10(15-2)7-8-3-5-9(6-4-8)16(11,12)13/h3-6,10H,7H2,1-2H3. The molecule has 0 aliphatic heterocycles. The highest BCUT2D eigenvalue weighted by atomic mass is 35.7. The van der Waals surface area contributed by atoms with Crippen LogP contribution in [-0.2, 0) is 24.9 Å². The van der Waals surface area contributed by atoms with Crippen LogP contribution >= 0.6 is 10.7 Å². The molecule has 0 amide bonds. The van der Waals surface area contributed by atoms with Crippen molar-refractivity contribution in [1.29, 1.82) is 0 Å². The van der Waals surface area contributed by atoms with Crippen molar-refractivity contribution in [2.24, 2.45) is 0 Å². The van der Waals surface area contributed by atoms with Gasteiger partial charge in [0.1, 0.15) is 0 Å². The molecule has 0 unspecified atom stereocenters. The minimum absolute atomic E-state index is 0.0873. The third-order valence-corrected chi connectivity index (χ3v) is 3.50. The molecule has 0 spiro atoms. The molecule has 0 saturated carbocycles. The molecule has 1 rings (SSSR count). The molecule has 0 aliphatic rings. The van der Waals surface area contributed by atoms with Gasteiger partial charge in [-0.1, -0.05) is 12.1 Å². The first-order valence-electron chi connectivity index (χ1n) is 4.56. The van der Waals surface area contributed by atoms with Gasteiger partial charge in [0, 0.05) is 31.3 Å². The molecule has 0 radical (unpaired) electrons. The van der Waals surface area contributed by atoms with Crippen LogP contribution in [0.5, 0.6) is 0 Å². The van der Waals surface area contributed by atoms with E-state index in [9.17, 15) is 8.42 Å². The highest BCUT2D eigenvalue weighted by Crippen LogP contribution is 2.16. The van der Waals surface area contributed by atoms with Crippen molar-refractivity contribution in [2.75, 3.05) is 14.2 Å². The van der Waals surface area contributed by atoms with Crippen LogP contribution < -0.4 is 0 Å². The van der Waals surface area contributed by atoms with Gasteiger partial charge in [-0.05, 0) is 17.7 Å². The second-order valence-electron chi connectivity index (χ2n) is 3.19. The highest BCUT2D eigenvalue weighted by Gasteiger charge is 2.11. The number of halogens is 1. The first-order valence-corrected chi connectivity index (χ1v) is 6.87. The Balaban J connectivity index is 2.80. The Kier molecular flexibility index (Phi) is 4.73. The number of methoxy groups -OCH3 is 2. The fraction of sp³-hybridized carbons (Fsp3) is 0.400. The Bertz CT molecular complexity index is 423. The predicted molar refractivity (Wildman–Crippen MR) is 61.0 cm³/mol. The minimum Gasteiger partial charge on any atom is -0.356 e. The summed E-state index contributed by atoms with van der Waals surface area (Å²) in [5.74, 6) is 0. The van der Waals surface area contributed by atoms with E-state index in [4.69, 9.17) is 20.2 Å². The molecule has 16 heavy (non-hydrogen) atoms. The molecule has 0 atom stereocenters. The maximum absolute atomic E-state index is 11.0. The van der Waals surface area contributed by atoms with Crippen LogP contribution in [0.25, 0.3) is 0 Å². The van der Waals surface area contributed by atoms with Gasteiger partial charge >= 0.3 is 0 Å². The fourth-order valence-corrected chi connectivity index (χ4v) is 2.01. The first kappa shape index (κ1) is 13.4. The van der Waals surface area contributed by atoms with E-state index in [0.29, 0.717) is 6.42 Å². The highest BCUT2D eigenvalue weighted by molar-refractivity contribution is 8.13. The lowest BCUT2D eigenvalue weighted by molar-refractivity contribution is -0.100. The summed E-state index contributed by atoms with van der Waals surface area (Å²) in [5, 5.41) is 0. The molecule has 4 nitrogen and oxygen atoms in total. The van der Waals surface area contributed by atoms with Crippen molar-refractivity contribution >= 4 is 19.7 Å².